The van der Waals surface area contributed by atoms with Gasteiger partial charge < -0.3 is 9.84 Å². The lowest BCUT2D eigenvalue weighted by Gasteiger charge is -2.62. The smallest absolute Gasteiger partial charge is 0.119 e. The Morgan fingerprint density at radius 3 is 2.65 bits per heavy atom. The lowest BCUT2D eigenvalue weighted by Crippen LogP contribution is -2.71. The Hall–Kier alpha value is -1.89. The van der Waals surface area contributed by atoms with Crippen LogP contribution in [0, 0.1) is 12.8 Å². The highest BCUT2D eigenvalue weighted by Gasteiger charge is 2.64. The average molecular weight is 465 g/mol. The van der Waals surface area contributed by atoms with E-state index >= 15 is 0 Å². The van der Waals surface area contributed by atoms with E-state index in [2.05, 4.69) is 57.8 Å². The van der Waals surface area contributed by atoms with E-state index in [4.69, 9.17) is 4.74 Å². The number of likely N-dealkylation sites (tertiary alicyclic amines) is 2. The minimum atomic E-state index is -0.712. The molecule has 3 fully saturated rings. The van der Waals surface area contributed by atoms with E-state index in [0.29, 0.717) is 6.04 Å². The van der Waals surface area contributed by atoms with E-state index in [1.165, 1.54) is 29.5 Å². The first-order valence-corrected chi connectivity index (χ1v) is 13.3. The quantitative estimate of drug-likeness (QED) is 0.710. The lowest BCUT2D eigenvalue weighted by atomic mass is 9.52. The van der Waals surface area contributed by atoms with Crippen molar-refractivity contribution >= 4 is 0 Å². The molecule has 1 aromatic heterocycles. The van der Waals surface area contributed by atoms with E-state index in [9.17, 15) is 5.11 Å². The molecular formula is C28H40N4O2. The van der Waals surface area contributed by atoms with Gasteiger partial charge in [0.15, 0.2) is 0 Å². The molecule has 6 rings (SSSR count). The van der Waals surface area contributed by atoms with E-state index < -0.39 is 5.60 Å². The maximum atomic E-state index is 12.8. The molecule has 0 amide bonds. The van der Waals surface area contributed by atoms with Crippen LogP contribution in [-0.4, -0.2) is 75.7 Å². The van der Waals surface area contributed by atoms with Gasteiger partial charge >= 0.3 is 0 Å². The van der Waals surface area contributed by atoms with E-state index in [-0.39, 0.29) is 11.5 Å². The maximum Gasteiger partial charge on any atom is 0.119 e. The highest BCUT2D eigenvalue weighted by atomic mass is 16.5. The average Bonchev–Trinajstić information content (AvgIpc) is 3.56. The largest absolute Gasteiger partial charge is 0.497 e. The van der Waals surface area contributed by atoms with Crippen LogP contribution < -0.4 is 4.74 Å². The third-order valence-electron chi connectivity index (χ3n) is 9.52. The molecule has 2 aliphatic heterocycles. The van der Waals surface area contributed by atoms with Gasteiger partial charge in [-0.05, 0) is 100 Å². The summed E-state index contributed by atoms with van der Waals surface area (Å²) >= 11 is 0. The molecule has 6 heteroatoms. The second-order valence-electron chi connectivity index (χ2n) is 11.6. The molecule has 1 aromatic carbocycles. The van der Waals surface area contributed by atoms with Gasteiger partial charge in [-0.1, -0.05) is 6.07 Å². The van der Waals surface area contributed by atoms with Gasteiger partial charge in [0.1, 0.15) is 5.75 Å². The molecule has 184 valence electrons. The standard InChI is InChI=1S/C28H40N4O2/c1-20-17-29-32(18-20)13-12-30-10-8-27-9-11-31(19-22-4-5-22)26(28(27,33)16-21(30)2)14-23-6-7-24(34-3)15-25(23)27/h6-7,15,17-18,21-22,26,33H,4-5,8-14,16,19H2,1-3H3. The minimum absolute atomic E-state index is 0.203. The fourth-order valence-electron chi connectivity index (χ4n) is 7.45. The topological polar surface area (TPSA) is 53.8 Å². The Morgan fingerprint density at radius 1 is 1.15 bits per heavy atom. The van der Waals surface area contributed by atoms with Crippen LogP contribution in [0.5, 0.6) is 5.75 Å². The molecule has 0 radical (unpaired) electrons. The van der Waals surface area contributed by atoms with Crippen molar-refractivity contribution in [3.63, 3.8) is 0 Å². The van der Waals surface area contributed by atoms with Gasteiger partial charge in [0.2, 0.25) is 0 Å². The maximum absolute atomic E-state index is 12.8. The highest BCUT2D eigenvalue weighted by molar-refractivity contribution is 5.48. The first-order valence-electron chi connectivity index (χ1n) is 13.3. The number of methoxy groups -OCH3 is 1. The summed E-state index contributed by atoms with van der Waals surface area (Å²) in [6, 6.07) is 7.17. The van der Waals surface area contributed by atoms with Gasteiger partial charge in [-0.2, -0.15) is 5.10 Å². The van der Waals surface area contributed by atoms with Crippen molar-refractivity contribution in [2.45, 2.75) is 82.0 Å². The molecule has 2 saturated heterocycles. The van der Waals surface area contributed by atoms with E-state index in [0.717, 1.165) is 70.1 Å². The van der Waals surface area contributed by atoms with E-state index in [1.807, 2.05) is 6.20 Å². The summed E-state index contributed by atoms with van der Waals surface area (Å²) in [6.45, 7) is 9.55. The van der Waals surface area contributed by atoms with Crippen molar-refractivity contribution in [3.8, 4) is 5.75 Å². The SMILES string of the molecule is COc1ccc2c(c1)C13CCN(CCn4cc(C)cn4)C(C)CC1(O)C(C2)N(CC1CC1)CC3. The number of nitrogens with zero attached hydrogens (tertiary/aromatic N) is 4. The fourth-order valence-corrected chi connectivity index (χ4v) is 7.45. The van der Waals surface area contributed by atoms with Crippen molar-refractivity contribution in [1.82, 2.24) is 19.6 Å². The van der Waals surface area contributed by atoms with Crippen LogP contribution in [0.1, 0.15) is 55.7 Å². The summed E-state index contributed by atoms with van der Waals surface area (Å²) in [5, 5.41) is 17.3. The lowest BCUT2D eigenvalue weighted by molar-refractivity contribution is -0.152. The Morgan fingerprint density at radius 2 is 1.94 bits per heavy atom. The summed E-state index contributed by atoms with van der Waals surface area (Å²) in [7, 11) is 1.75. The van der Waals surface area contributed by atoms with Crippen molar-refractivity contribution in [2.75, 3.05) is 33.3 Å². The van der Waals surface area contributed by atoms with Gasteiger partial charge in [0.05, 0.1) is 25.5 Å². The second-order valence-corrected chi connectivity index (χ2v) is 11.6. The fraction of sp³-hybridized carbons (Fsp3) is 0.679. The first kappa shape index (κ1) is 22.6. The number of rotatable bonds is 6. The molecule has 0 spiro atoms. The van der Waals surface area contributed by atoms with Crippen molar-refractivity contribution in [1.29, 1.82) is 0 Å². The molecular weight excluding hydrogens is 424 g/mol. The third kappa shape index (κ3) is 3.61. The summed E-state index contributed by atoms with van der Waals surface area (Å²) in [6.07, 6.45) is 10.6. The number of ether oxygens (including phenoxy) is 1. The molecule has 2 bridgehead atoms. The van der Waals surface area contributed by atoms with Crippen LogP contribution in [0.3, 0.4) is 0 Å². The molecule has 4 unspecified atom stereocenters. The Balaban J connectivity index is 1.35. The van der Waals surface area contributed by atoms with Crippen LogP contribution in [-0.2, 0) is 18.4 Å². The Kier molecular flexibility index (Phi) is 5.54. The number of piperidine rings is 1. The molecule has 4 aliphatic rings. The summed E-state index contributed by atoms with van der Waals surface area (Å²) in [5.41, 5.74) is 3.07. The van der Waals surface area contributed by atoms with E-state index in [1.54, 1.807) is 7.11 Å². The number of benzene rings is 1. The number of aliphatic hydroxyl groups is 1. The second kappa shape index (κ2) is 8.35. The molecule has 3 heterocycles. The first-order chi connectivity index (χ1) is 16.4. The zero-order valence-electron chi connectivity index (χ0n) is 21.0. The van der Waals surface area contributed by atoms with Crippen molar-refractivity contribution in [2.24, 2.45) is 5.92 Å². The van der Waals surface area contributed by atoms with Crippen LogP contribution >= 0.6 is 0 Å². The normalized spacial score (nSPS) is 33.8. The Bertz CT molecular complexity index is 1050. The van der Waals surface area contributed by atoms with Crippen molar-refractivity contribution < 1.29 is 9.84 Å². The van der Waals surface area contributed by atoms with Crippen LogP contribution in [0.2, 0.25) is 0 Å². The Labute approximate surface area is 203 Å². The highest BCUT2D eigenvalue weighted by Crippen LogP contribution is 2.57. The predicted molar refractivity (Wildman–Crippen MR) is 133 cm³/mol. The summed E-state index contributed by atoms with van der Waals surface area (Å²) in [5.74, 6) is 1.75. The number of hydrogen-bond acceptors (Lipinski definition) is 5. The monoisotopic (exact) mass is 464 g/mol. The third-order valence-corrected chi connectivity index (χ3v) is 9.52. The number of aryl methyl sites for hydroxylation is 1. The number of hydrogen-bond donors (Lipinski definition) is 1. The molecule has 2 aromatic rings. The zero-order chi connectivity index (χ0) is 23.5. The van der Waals surface area contributed by atoms with Gasteiger partial charge in [-0.25, -0.2) is 0 Å². The summed E-state index contributed by atoms with van der Waals surface area (Å²) in [4.78, 5) is 5.26. The van der Waals surface area contributed by atoms with Gasteiger partial charge in [0.25, 0.3) is 0 Å². The summed E-state index contributed by atoms with van der Waals surface area (Å²) < 4.78 is 7.72. The van der Waals surface area contributed by atoms with Crippen LogP contribution in [0.15, 0.2) is 30.6 Å². The minimum Gasteiger partial charge on any atom is -0.497 e. The molecule has 34 heavy (non-hydrogen) atoms. The number of fused-ring (bicyclic) bond motifs is 1. The zero-order valence-corrected chi connectivity index (χ0v) is 21.0. The molecule has 1 N–H and O–H groups in total. The van der Waals surface area contributed by atoms with Crippen LogP contribution in [0.25, 0.3) is 0 Å². The predicted octanol–water partition coefficient (Wildman–Crippen LogP) is 3.39. The molecule has 1 saturated carbocycles. The number of aromatic nitrogens is 2. The van der Waals surface area contributed by atoms with Gasteiger partial charge in [0, 0.05) is 36.8 Å². The van der Waals surface area contributed by atoms with Crippen molar-refractivity contribution in [3.05, 3.63) is 47.3 Å². The molecule has 2 aliphatic carbocycles. The van der Waals surface area contributed by atoms with Gasteiger partial charge in [-0.3, -0.25) is 14.5 Å². The van der Waals surface area contributed by atoms with Crippen LogP contribution in [0.4, 0.5) is 0 Å². The molecule has 4 atom stereocenters. The molecule has 6 nitrogen and oxygen atoms in total. The van der Waals surface area contributed by atoms with Gasteiger partial charge in [-0.15, -0.1) is 0 Å².